The van der Waals surface area contributed by atoms with Gasteiger partial charge < -0.3 is 20.3 Å². The SMILES string of the molecule is CCN=C(NC1CCN(C(=O)C2CC2)CC1)NC1C2CCCOC2C1(C)C. The van der Waals surface area contributed by atoms with E-state index in [1.54, 1.807) is 0 Å². The Morgan fingerprint density at radius 2 is 1.89 bits per heavy atom. The van der Waals surface area contributed by atoms with Crippen molar-refractivity contribution in [3.05, 3.63) is 0 Å². The number of aliphatic imine (C=N–C) groups is 1. The summed E-state index contributed by atoms with van der Waals surface area (Å²) in [5, 5.41) is 7.39. The molecule has 2 saturated heterocycles. The Morgan fingerprint density at radius 3 is 2.56 bits per heavy atom. The molecule has 4 aliphatic rings. The smallest absolute Gasteiger partial charge is 0.225 e. The molecule has 6 heteroatoms. The summed E-state index contributed by atoms with van der Waals surface area (Å²) in [6, 6.07) is 0.810. The lowest BCUT2D eigenvalue weighted by molar-refractivity contribution is -0.188. The first-order valence-electron chi connectivity index (χ1n) is 11.0. The van der Waals surface area contributed by atoms with Gasteiger partial charge in [0.2, 0.25) is 5.91 Å². The molecule has 0 aromatic heterocycles. The lowest BCUT2D eigenvalue weighted by Gasteiger charge is -2.60. The van der Waals surface area contributed by atoms with E-state index >= 15 is 0 Å². The third kappa shape index (κ3) is 3.82. The molecule has 2 heterocycles. The van der Waals surface area contributed by atoms with E-state index in [1.807, 2.05) is 0 Å². The van der Waals surface area contributed by atoms with Crippen LogP contribution in [0.2, 0.25) is 0 Å². The maximum Gasteiger partial charge on any atom is 0.225 e. The molecule has 2 aliphatic carbocycles. The fourth-order valence-electron chi connectivity index (χ4n) is 5.28. The standard InChI is InChI=1S/C21H36N4O2/c1-4-22-20(24-17-16-6-5-13-27-18(16)21(17,2)3)23-15-9-11-25(12-10-15)19(26)14-7-8-14/h14-18H,4-13H2,1-3H3,(H2,22,23,24). The third-order valence-electron chi connectivity index (χ3n) is 7.01. The Morgan fingerprint density at radius 1 is 1.15 bits per heavy atom. The van der Waals surface area contributed by atoms with Crippen LogP contribution in [0.5, 0.6) is 0 Å². The van der Waals surface area contributed by atoms with Crippen LogP contribution in [-0.4, -0.2) is 61.2 Å². The summed E-state index contributed by atoms with van der Waals surface area (Å²) in [5.74, 6) is 2.25. The molecule has 152 valence electrons. The Balaban J connectivity index is 1.31. The second kappa shape index (κ2) is 7.61. The zero-order chi connectivity index (χ0) is 19.0. The molecule has 0 bridgehead atoms. The first-order chi connectivity index (χ1) is 13.0. The maximum absolute atomic E-state index is 12.2. The average Bonchev–Trinajstić information content (AvgIpc) is 3.51. The van der Waals surface area contributed by atoms with Crippen molar-refractivity contribution in [1.29, 1.82) is 0 Å². The normalized spacial score (nSPS) is 33.8. The molecule has 0 aromatic carbocycles. The highest BCUT2D eigenvalue weighted by Gasteiger charge is 2.58. The monoisotopic (exact) mass is 376 g/mol. The second-order valence-electron chi connectivity index (χ2n) is 9.38. The highest BCUT2D eigenvalue weighted by atomic mass is 16.5. The molecule has 1 amide bonds. The molecule has 6 nitrogen and oxygen atoms in total. The minimum absolute atomic E-state index is 0.140. The number of guanidine groups is 1. The number of hydrogen-bond donors (Lipinski definition) is 2. The van der Waals surface area contributed by atoms with Crippen molar-refractivity contribution >= 4 is 11.9 Å². The van der Waals surface area contributed by atoms with E-state index in [4.69, 9.17) is 9.73 Å². The van der Waals surface area contributed by atoms with Crippen molar-refractivity contribution in [1.82, 2.24) is 15.5 Å². The second-order valence-corrected chi connectivity index (χ2v) is 9.38. The lowest BCUT2D eigenvalue weighted by Crippen LogP contribution is -2.71. The van der Waals surface area contributed by atoms with Gasteiger partial charge in [-0.05, 0) is 45.4 Å². The summed E-state index contributed by atoms with van der Waals surface area (Å²) in [4.78, 5) is 19.0. The number of hydrogen-bond acceptors (Lipinski definition) is 3. The zero-order valence-electron chi connectivity index (χ0n) is 17.2. The van der Waals surface area contributed by atoms with Crippen LogP contribution >= 0.6 is 0 Å². The first-order valence-corrected chi connectivity index (χ1v) is 11.0. The van der Waals surface area contributed by atoms with Crippen molar-refractivity contribution < 1.29 is 9.53 Å². The minimum atomic E-state index is 0.140. The van der Waals surface area contributed by atoms with Crippen molar-refractivity contribution in [2.75, 3.05) is 26.2 Å². The van der Waals surface area contributed by atoms with Gasteiger partial charge in [-0.3, -0.25) is 9.79 Å². The number of carbonyl (C=O) groups is 1. The Kier molecular flexibility index (Phi) is 5.36. The van der Waals surface area contributed by atoms with E-state index in [-0.39, 0.29) is 5.41 Å². The summed E-state index contributed by atoms with van der Waals surface area (Å²) < 4.78 is 6.03. The highest BCUT2D eigenvalue weighted by molar-refractivity contribution is 5.82. The van der Waals surface area contributed by atoms with Crippen LogP contribution < -0.4 is 10.6 Å². The molecule has 2 N–H and O–H groups in total. The largest absolute Gasteiger partial charge is 0.377 e. The molecule has 27 heavy (non-hydrogen) atoms. The molecule has 0 radical (unpaired) electrons. The summed E-state index contributed by atoms with van der Waals surface area (Å²) >= 11 is 0. The van der Waals surface area contributed by atoms with Gasteiger partial charge in [-0.2, -0.15) is 0 Å². The number of piperidine rings is 1. The Hall–Kier alpha value is -1.30. The van der Waals surface area contributed by atoms with Gasteiger partial charge in [0.15, 0.2) is 5.96 Å². The van der Waals surface area contributed by atoms with Gasteiger partial charge in [0.25, 0.3) is 0 Å². The van der Waals surface area contributed by atoms with Gasteiger partial charge in [0.1, 0.15) is 0 Å². The van der Waals surface area contributed by atoms with Crippen molar-refractivity contribution in [3.63, 3.8) is 0 Å². The summed E-state index contributed by atoms with van der Waals surface area (Å²) in [6.45, 7) is 10.1. The van der Waals surface area contributed by atoms with Crippen LogP contribution in [0, 0.1) is 17.3 Å². The topological polar surface area (TPSA) is 66.0 Å². The van der Waals surface area contributed by atoms with Crippen molar-refractivity contribution in [2.24, 2.45) is 22.2 Å². The molecule has 4 rings (SSSR count). The maximum atomic E-state index is 12.2. The Bertz CT molecular complexity index is 579. The molecule has 2 saturated carbocycles. The van der Waals surface area contributed by atoms with Gasteiger partial charge in [-0.15, -0.1) is 0 Å². The van der Waals surface area contributed by atoms with Gasteiger partial charge >= 0.3 is 0 Å². The molecule has 0 aromatic rings. The molecule has 2 aliphatic heterocycles. The summed E-state index contributed by atoms with van der Waals surface area (Å²) in [5.41, 5.74) is 0.140. The Labute approximate surface area is 163 Å². The third-order valence-corrected chi connectivity index (χ3v) is 7.01. The molecule has 0 spiro atoms. The number of likely N-dealkylation sites (tertiary alicyclic amines) is 1. The number of nitrogens with one attached hydrogen (secondary N) is 2. The van der Waals surface area contributed by atoms with Gasteiger partial charge in [-0.1, -0.05) is 13.8 Å². The summed E-state index contributed by atoms with van der Waals surface area (Å²) in [7, 11) is 0. The highest BCUT2D eigenvalue weighted by Crippen LogP contribution is 2.51. The van der Waals surface area contributed by atoms with Crippen LogP contribution in [0.3, 0.4) is 0 Å². The molecule has 4 fully saturated rings. The van der Waals surface area contributed by atoms with E-state index in [0.29, 0.717) is 35.9 Å². The van der Waals surface area contributed by atoms with Crippen LogP contribution in [0.15, 0.2) is 4.99 Å². The van der Waals surface area contributed by atoms with E-state index in [2.05, 4.69) is 36.3 Å². The van der Waals surface area contributed by atoms with Crippen LogP contribution in [-0.2, 0) is 9.53 Å². The predicted molar refractivity (Wildman–Crippen MR) is 107 cm³/mol. The molecule has 3 atom stereocenters. The minimum Gasteiger partial charge on any atom is -0.377 e. The quantitative estimate of drug-likeness (QED) is 0.583. The van der Waals surface area contributed by atoms with Crippen LogP contribution in [0.1, 0.15) is 59.3 Å². The number of fused-ring (bicyclic) bond motifs is 1. The van der Waals surface area contributed by atoms with Crippen LogP contribution in [0.4, 0.5) is 0 Å². The van der Waals surface area contributed by atoms with Crippen molar-refractivity contribution in [2.45, 2.75) is 77.5 Å². The number of amides is 1. The van der Waals surface area contributed by atoms with Gasteiger partial charge in [0.05, 0.1) is 6.10 Å². The number of nitrogens with zero attached hydrogens (tertiary/aromatic N) is 2. The number of carbonyl (C=O) groups excluding carboxylic acids is 1. The van der Waals surface area contributed by atoms with E-state index in [1.165, 1.54) is 6.42 Å². The molecular weight excluding hydrogens is 340 g/mol. The molecular formula is C21H36N4O2. The zero-order valence-corrected chi connectivity index (χ0v) is 17.2. The molecule has 3 unspecified atom stereocenters. The fourth-order valence-corrected chi connectivity index (χ4v) is 5.28. The average molecular weight is 377 g/mol. The predicted octanol–water partition coefficient (Wildman–Crippen LogP) is 2.15. The summed E-state index contributed by atoms with van der Waals surface area (Å²) in [6.07, 6.45) is 6.99. The number of ether oxygens (including phenoxy) is 1. The van der Waals surface area contributed by atoms with E-state index in [9.17, 15) is 4.79 Å². The van der Waals surface area contributed by atoms with Crippen LogP contribution in [0.25, 0.3) is 0 Å². The van der Waals surface area contributed by atoms with Gasteiger partial charge in [-0.25, -0.2) is 0 Å². The van der Waals surface area contributed by atoms with E-state index in [0.717, 1.165) is 64.3 Å². The number of rotatable bonds is 4. The fraction of sp³-hybridized carbons (Fsp3) is 0.905. The lowest BCUT2D eigenvalue weighted by atomic mass is 9.55. The van der Waals surface area contributed by atoms with Crippen molar-refractivity contribution in [3.8, 4) is 0 Å². The first kappa shape index (κ1) is 19.0. The van der Waals surface area contributed by atoms with E-state index < -0.39 is 0 Å². The van der Waals surface area contributed by atoms with Gasteiger partial charge in [0, 0.05) is 55.6 Å².